The second kappa shape index (κ2) is 4.61. The molecule has 2 aromatic rings. The maximum atomic E-state index is 12.2. The molecular formula is C12H11F3N4O2. The van der Waals surface area contributed by atoms with Gasteiger partial charge >= 0.3 is 12.1 Å². The average molecular weight is 300 g/mol. The van der Waals surface area contributed by atoms with Crippen molar-refractivity contribution in [1.82, 2.24) is 14.8 Å². The molecule has 0 amide bonds. The van der Waals surface area contributed by atoms with Gasteiger partial charge in [0.2, 0.25) is 0 Å². The quantitative estimate of drug-likeness (QED) is 0.877. The number of pyridine rings is 1. The molecule has 2 N–H and O–H groups in total. The number of fused-ring (bicyclic) bond motifs is 2. The van der Waals surface area contributed by atoms with E-state index in [1.807, 2.05) is 0 Å². The Morgan fingerprint density at radius 2 is 2.19 bits per heavy atom. The van der Waals surface area contributed by atoms with Crippen LogP contribution >= 0.6 is 0 Å². The van der Waals surface area contributed by atoms with Crippen LogP contribution in [0.15, 0.2) is 6.20 Å². The number of carbonyl (C=O) groups is 1. The summed E-state index contributed by atoms with van der Waals surface area (Å²) in [6.45, 7) is 0.0884. The number of ether oxygens (including phenoxy) is 1. The molecule has 0 atom stereocenters. The van der Waals surface area contributed by atoms with E-state index < -0.39 is 18.6 Å². The van der Waals surface area contributed by atoms with Gasteiger partial charge in [-0.1, -0.05) is 0 Å². The molecular weight excluding hydrogens is 289 g/mol. The lowest BCUT2D eigenvalue weighted by atomic mass is 10.1. The summed E-state index contributed by atoms with van der Waals surface area (Å²) < 4.78 is 42.7. The second-order valence-electron chi connectivity index (χ2n) is 4.75. The molecule has 0 bridgehead atoms. The first-order valence-electron chi connectivity index (χ1n) is 6.24. The van der Waals surface area contributed by atoms with E-state index >= 15 is 0 Å². The highest BCUT2D eigenvalue weighted by Crippen LogP contribution is 2.31. The Morgan fingerprint density at radius 3 is 2.90 bits per heavy atom. The summed E-state index contributed by atoms with van der Waals surface area (Å²) >= 11 is 0. The summed E-state index contributed by atoms with van der Waals surface area (Å²) in [5.41, 5.74) is 7.08. The van der Waals surface area contributed by atoms with E-state index in [9.17, 15) is 18.0 Å². The van der Waals surface area contributed by atoms with Crippen molar-refractivity contribution < 1.29 is 22.7 Å². The van der Waals surface area contributed by atoms with Crippen molar-refractivity contribution in [2.24, 2.45) is 0 Å². The van der Waals surface area contributed by atoms with Crippen LogP contribution in [-0.2, 0) is 17.9 Å². The van der Waals surface area contributed by atoms with E-state index in [-0.39, 0.29) is 30.8 Å². The predicted octanol–water partition coefficient (Wildman–Crippen LogP) is 2.03. The monoisotopic (exact) mass is 300 g/mol. The topological polar surface area (TPSA) is 83.0 Å². The van der Waals surface area contributed by atoms with Crippen LogP contribution in [0, 0.1) is 0 Å². The smallest absolute Gasteiger partial charge is 0.389 e. The minimum absolute atomic E-state index is 0.0159. The lowest BCUT2D eigenvalue weighted by Crippen LogP contribution is -2.10. The Hall–Kier alpha value is -2.32. The molecule has 3 heterocycles. The number of aryl methyl sites for hydroxylation is 1. The fourth-order valence-electron chi connectivity index (χ4n) is 2.29. The van der Waals surface area contributed by atoms with Crippen molar-refractivity contribution >= 4 is 22.7 Å². The van der Waals surface area contributed by atoms with E-state index in [4.69, 9.17) is 10.5 Å². The molecule has 2 aromatic heterocycles. The lowest BCUT2D eigenvalue weighted by molar-refractivity contribution is -0.135. The molecule has 0 spiro atoms. The van der Waals surface area contributed by atoms with Gasteiger partial charge in [0.1, 0.15) is 12.2 Å². The maximum absolute atomic E-state index is 12.2. The van der Waals surface area contributed by atoms with Crippen molar-refractivity contribution in [3.63, 3.8) is 0 Å². The van der Waals surface area contributed by atoms with Crippen LogP contribution in [-0.4, -0.2) is 26.9 Å². The number of aromatic nitrogens is 3. The van der Waals surface area contributed by atoms with Gasteiger partial charge in [-0.25, -0.2) is 14.5 Å². The van der Waals surface area contributed by atoms with Crippen LogP contribution < -0.4 is 5.73 Å². The van der Waals surface area contributed by atoms with Gasteiger partial charge in [0.05, 0.1) is 23.0 Å². The van der Waals surface area contributed by atoms with Crippen LogP contribution in [0.5, 0.6) is 0 Å². The van der Waals surface area contributed by atoms with E-state index in [1.165, 1.54) is 10.9 Å². The fourth-order valence-corrected chi connectivity index (χ4v) is 2.29. The zero-order valence-electron chi connectivity index (χ0n) is 10.8. The Kier molecular flexibility index (Phi) is 2.99. The van der Waals surface area contributed by atoms with Crippen molar-refractivity contribution in [2.75, 3.05) is 5.73 Å². The van der Waals surface area contributed by atoms with Gasteiger partial charge in [-0.15, -0.1) is 0 Å². The largest absolute Gasteiger partial charge is 0.455 e. The molecule has 3 rings (SSSR count). The lowest BCUT2D eigenvalue weighted by Gasteiger charge is -2.07. The van der Waals surface area contributed by atoms with Crippen molar-refractivity contribution in [3.8, 4) is 0 Å². The minimum atomic E-state index is -4.20. The summed E-state index contributed by atoms with van der Waals surface area (Å²) in [5, 5.41) is 4.44. The van der Waals surface area contributed by atoms with E-state index in [0.29, 0.717) is 16.7 Å². The van der Waals surface area contributed by atoms with Gasteiger partial charge in [-0.3, -0.25) is 0 Å². The molecule has 9 heteroatoms. The summed E-state index contributed by atoms with van der Waals surface area (Å²) in [7, 11) is 0. The highest BCUT2D eigenvalue weighted by Gasteiger charge is 2.29. The van der Waals surface area contributed by atoms with Crippen LogP contribution in [0.1, 0.15) is 28.9 Å². The highest BCUT2D eigenvalue weighted by atomic mass is 19.4. The summed E-state index contributed by atoms with van der Waals surface area (Å²) in [6, 6.07) is 0. The van der Waals surface area contributed by atoms with Gasteiger partial charge in [-0.2, -0.15) is 18.3 Å². The molecule has 0 unspecified atom stereocenters. The number of anilines is 1. The van der Waals surface area contributed by atoms with Crippen LogP contribution in [0.4, 0.5) is 18.9 Å². The Labute approximate surface area is 116 Å². The number of alkyl halides is 3. The Morgan fingerprint density at radius 1 is 1.43 bits per heavy atom. The number of rotatable bonds is 3. The van der Waals surface area contributed by atoms with Gasteiger partial charge in [0, 0.05) is 13.0 Å². The Bertz CT molecular complexity index is 723. The third-order valence-corrected chi connectivity index (χ3v) is 3.27. The van der Waals surface area contributed by atoms with Gasteiger partial charge in [0.25, 0.3) is 0 Å². The molecule has 0 aliphatic carbocycles. The molecule has 1 aliphatic rings. The van der Waals surface area contributed by atoms with Gasteiger partial charge < -0.3 is 10.5 Å². The van der Waals surface area contributed by atoms with E-state index in [0.717, 1.165) is 0 Å². The number of hydrogen-bond acceptors (Lipinski definition) is 5. The second-order valence-corrected chi connectivity index (χ2v) is 4.75. The van der Waals surface area contributed by atoms with Crippen molar-refractivity contribution in [1.29, 1.82) is 0 Å². The van der Waals surface area contributed by atoms with E-state index in [1.54, 1.807) is 0 Å². The molecule has 0 saturated carbocycles. The van der Waals surface area contributed by atoms with Crippen molar-refractivity contribution in [3.05, 3.63) is 17.5 Å². The zero-order valence-corrected chi connectivity index (χ0v) is 10.8. The van der Waals surface area contributed by atoms with Crippen molar-refractivity contribution in [2.45, 2.75) is 32.2 Å². The third-order valence-electron chi connectivity index (χ3n) is 3.27. The maximum Gasteiger partial charge on any atom is 0.389 e. The summed E-state index contributed by atoms with van der Waals surface area (Å²) in [5.74, 6) is -0.540. The SMILES string of the molecule is Nc1c2c(nc3c1cnn3CCCC(F)(F)F)COC2=O. The summed E-state index contributed by atoms with van der Waals surface area (Å²) in [4.78, 5) is 15.8. The Balaban J connectivity index is 1.92. The van der Waals surface area contributed by atoms with Crippen LogP contribution in [0.25, 0.3) is 11.0 Å². The number of nitrogens with zero attached hydrogens (tertiary/aromatic N) is 3. The highest BCUT2D eigenvalue weighted by molar-refractivity contribution is 6.05. The van der Waals surface area contributed by atoms with Gasteiger partial charge in [-0.05, 0) is 6.42 Å². The molecule has 0 radical (unpaired) electrons. The number of hydrogen-bond donors (Lipinski definition) is 1. The van der Waals surface area contributed by atoms with Crippen LogP contribution in [0.2, 0.25) is 0 Å². The minimum Gasteiger partial charge on any atom is -0.455 e. The van der Waals surface area contributed by atoms with Gasteiger partial charge in [0.15, 0.2) is 5.65 Å². The first kappa shape index (κ1) is 13.7. The molecule has 1 aliphatic heterocycles. The molecule has 0 aromatic carbocycles. The standard InChI is InChI=1S/C12H11F3N4O2/c13-12(14,15)2-1-3-19-10-6(4-17-19)9(16)8-7(18-10)5-21-11(8)20/h4H,1-3,5H2,(H2,16,18). The molecule has 0 fully saturated rings. The van der Waals surface area contributed by atoms with Crippen LogP contribution in [0.3, 0.4) is 0 Å². The molecule has 21 heavy (non-hydrogen) atoms. The predicted molar refractivity (Wildman–Crippen MR) is 66.3 cm³/mol. The number of halogens is 3. The first-order chi connectivity index (χ1) is 9.87. The number of carbonyl (C=O) groups excluding carboxylic acids is 1. The normalized spacial score (nSPS) is 14.5. The fraction of sp³-hybridized carbons (Fsp3) is 0.417. The number of nitrogen functional groups attached to an aromatic ring is 1. The number of cyclic esters (lactones) is 1. The zero-order chi connectivity index (χ0) is 15.2. The number of esters is 1. The molecule has 112 valence electrons. The summed E-state index contributed by atoms with van der Waals surface area (Å²) in [6.07, 6.45) is -3.79. The third kappa shape index (κ3) is 2.39. The van der Waals surface area contributed by atoms with E-state index in [2.05, 4.69) is 10.1 Å². The molecule has 6 nitrogen and oxygen atoms in total. The first-order valence-corrected chi connectivity index (χ1v) is 6.24. The average Bonchev–Trinajstić information content (AvgIpc) is 2.94. The molecule has 0 saturated heterocycles. The number of nitrogens with two attached hydrogens (primary N) is 1.